The zero-order valence-corrected chi connectivity index (χ0v) is 8.48. The molecule has 0 aromatic heterocycles. The summed E-state index contributed by atoms with van der Waals surface area (Å²) in [7, 11) is 0. The first-order valence-corrected chi connectivity index (χ1v) is 4.36. The van der Waals surface area contributed by atoms with Gasteiger partial charge in [0, 0.05) is 0 Å². The van der Waals surface area contributed by atoms with Gasteiger partial charge in [0.15, 0.2) is 5.41 Å². The molecule has 0 aromatic carbocycles. The molecule has 102 valence electrons. The largest absolute Gasteiger partial charge is 0.404 e. The third kappa shape index (κ3) is 1.33. The summed E-state index contributed by atoms with van der Waals surface area (Å²) in [5, 5.41) is 0. The number of hydrogen-bond acceptors (Lipinski definition) is 0. The van der Waals surface area contributed by atoms with Gasteiger partial charge in [0.05, 0.1) is 5.41 Å². The maximum Gasteiger partial charge on any atom is 0.404 e. The van der Waals surface area contributed by atoms with Crippen LogP contribution in [0.1, 0.15) is 13.8 Å². The first-order chi connectivity index (χ1) is 7.15. The van der Waals surface area contributed by atoms with Crippen LogP contribution in [0.25, 0.3) is 0 Å². The van der Waals surface area contributed by atoms with Gasteiger partial charge in [0.2, 0.25) is 0 Å². The Labute approximate surface area is 89.8 Å². The van der Waals surface area contributed by atoms with Crippen LogP contribution in [0.3, 0.4) is 0 Å². The van der Waals surface area contributed by atoms with Gasteiger partial charge in [-0.1, -0.05) is 6.92 Å². The molecule has 0 radical (unpaired) electrons. The van der Waals surface area contributed by atoms with Crippen LogP contribution in [-0.4, -0.2) is 18.5 Å². The van der Waals surface area contributed by atoms with E-state index in [9.17, 15) is 39.5 Å². The van der Waals surface area contributed by atoms with Gasteiger partial charge in [0.25, 0.3) is 0 Å². The average Bonchev–Trinajstić information content (AvgIpc) is 2.47. The summed E-state index contributed by atoms with van der Waals surface area (Å²) in [6, 6.07) is 0. The fourth-order valence-corrected chi connectivity index (χ4v) is 2.55. The second kappa shape index (κ2) is 3.03. The van der Waals surface area contributed by atoms with Gasteiger partial charge >= 0.3 is 18.5 Å². The van der Waals surface area contributed by atoms with Crippen LogP contribution < -0.4 is 0 Å². The molecular formula is C8H7F9. The molecule has 1 saturated carbocycles. The van der Waals surface area contributed by atoms with Crippen molar-refractivity contribution < 1.29 is 39.5 Å². The lowest BCUT2D eigenvalue weighted by molar-refractivity contribution is -0.336. The number of hydrogen-bond donors (Lipinski definition) is 0. The molecule has 1 aliphatic rings. The minimum Gasteiger partial charge on any atom is -0.170 e. The Morgan fingerprint density at radius 3 is 1.06 bits per heavy atom. The summed E-state index contributed by atoms with van der Waals surface area (Å²) in [6.07, 6.45) is -17.6. The molecule has 1 unspecified atom stereocenters. The van der Waals surface area contributed by atoms with Crippen molar-refractivity contribution in [1.82, 2.24) is 0 Å². The van der Waals surface area contributed by atoms with E-state index in [1.165, 1.54) is 0 Å². The molecule has 2 atom stereocenters. The van der Waals surface area contributed by atoms with E-state index in [0.717, 1.165) is 0 Å². The maximum absolute atomic E-state index is 12.4. The normalized spacial score (nSPS) is 33.7. The molecule has 1 aliphatic carbocycles. The van der Waals surface area contributed by atoms with Crippen molar-refractivity contribution in [3.63, 3.8) is 0 Å². The molecule has 0 N–H and O–H groups in total. The maximum atomic E-state index is 12.4. The van der Waals surface area contributed by atoms with Gasteiger partial charge in [-0.3, -0.25) is 0 Å². The fourth-order valence-electron chi connectivity index (χ4n) is 2.55. The Morgan fingerprint density at radius 2 is 1.00 bits per heavy atom. The highest BCUT2D eigenvalue weighted by Gasteiger charge is 2.99. The third-order valence-electron chi connectivity index (χ3n) is 3.73. The minimum atomic E-state index is -5.99. The molecule has 0 nitrogen and oxygen atoms in total. The van der Waals surface area contributed by atoms with Crippen LogP contribution in [0.4, 0.5) is 39.5 Å². The van der Waals surface area contributed by atoms with Crippen molar-refractivity contribution in [1.29, 1.82) is 0 Å². The van der Waals surface area contributed by atoms with Crippen molar-refractivity contribution in [3.05, 3.63) is 0 Å². The van der Waals surface area contributed by atoms with Crippen LogP contribution in [0, 0.1) is 16.7 Å². The number of alkyl halides is 9. The van der Waals surface area contributed by atoms with Gasteiger partial charge in [-0.15, -0.1) is 0 Å². The highest BCUT2D eigenvalue weighted by molar-refractivity contribution is 5.27. The van der Waals surface area contributed by atoms with Gasteiger partial charge in [0.1, 0.15) is 0 Å². The minimum absolute atomic E-state index is 0.0430. The molecule has 1 fully saturated rings. The summed E-state index contributed by atoms with van der Waals surface area (Å²) in [6.45, 7) is 0.271. The summed E-state index contributed by atoms with van der Waals surface area (Å²) in [5.41, 5.74) is -8.53. The summed E-state index contributed by atoms with van der Waals surface area (Å²) >= 11 is 0. The van der Waals surface area contributed by atoms with Gasteiger partial charge < -0.3 is 0 Å². The molecular weight excluding hydrogens is 267 g/mol. The molecule has 9 heteroatoms. The summed E-state index contributed by atoms with van der Waals surface area (Å²) in [4.78, 5) is 0. The van der Waals surface area contributed by atoms with E-state index in [1.54, 1.807) is 0 Å². The predicted octanol–water partition coefficient (Wildman–Crippen LogP) is 4.32. The fraction of sp³-hybridized carbons (Fsp3) is 1.00. The van der Waals surface area contributed by atoms with Crippen LogP contribution in [-0.2, 0) is 0 Å². The second-order valence-corrected chi connectivity index (χ2v) is 4.23. The molecule has 0 aliphatic heterocycles. The molecule has 17 heavy (non-hydrogen) atoms. The Morgan fingerprint density at radius 1 is 0.706 bits per heavy atom. The first kappa shape index (κ1) is 14.4. The SMILES string of the molecule is C[C@@H]1C(C)(C(F)(F)F)C1(C(F)(F)F)C(F)(F)F. The quantitative estimate of drug-likeness (QED) is 0.577. The van der Waals surface area contributed by atoms with Crippen molar-refractivity contribution >= 4 is 0 Å². The lowest BCUT2D eigenvalue weighted by Crippen LogP contribution is -2.46. The predicted molar refractivity (Wildman–Crippen MR) is 37.9 cm³/mol. The monoisotopic (exact) mass is 274 g/mol. The van der Waals surface area contributed by atoms with Crippen LogP contribution in [0.2, 0.25) is 0 Å². The molecule has 0 spiro atoms. The number of rotatable bonds is 0. The van der Waals surface area contributed by atoms with Crippen molar-refractivity contribution in [3.8, 4) is 0 Å². The van der Waals surface area contributed by atoms with Crippen LogP contribution in [0.15, 0.2) is 0 Å². The molecule has 0 aromatic rings. The summed E-state index contributed by atoms with van der Waals surface area (Å²) in [5.74, 6) is -2.59. The van der Waals surface area contributed by atoms with E-state index in [2.05, 4.69) is 0 Å². The van der Waals surface area contributed by atoms with Crippen molar-refractivity contribution in [2.24, 2.45) is 16.7 Å². The topological polar surface area (TPSA) is 0 Å². The van der Waals surface area contributed by atoms with E-state index in [4.69, 9.17) is 0 Å². The van der Waals surface area contributed by atoms with Crippen LogP contribution >= 0.6 is 0 Å². The van der Waals surface area contributed by atoms with Crippen molar-refractivity contribution in [2.45, 2.75) is 32.4 Å². The Balaban J connectivity index is 3.45. The zero-order valence-electron chi connectivity index (χ0n) is 8.48. The summed E-state index contributed by atoms with van der Waals surface area (Å²) < 4.78 is 112. The van der Waals surface area contributed by atoms with Crippen LogP contribution in [0.5, 0.6) is 0 Å². The molecule has 0 amide bonds. The van der Waals surface area contributed by atoms with E-state index in [1.807, 2.05) is 0 Å². The third-order valence-corrected chi connectivity index (χ3v) is 3.73. The lowest BCUT2D eigenvalue weighted by atomic mass is 9.92. The second-order valence-electron chi connectivity index (χ2n) is 4.23. The van der Waals surface area contributed by atoms with Gasteiger partial charge in [-0.05, 0) is 12.8 Å². The van der Waals surface area contributed by atoms with Crippen molar-refractivity contribution in [2.75, 3.05) is 0 Å². The standard InChI is InChI=1S/C8H7F9/c1-3-4(2,6(9,10)11)5(3,7(12,13)14)8(15,16)17/h3H,1-2H3/t3-,4?/m1/s1. The first-order valence-electron chi connectivity index (χ1n) is 4.36. The highest BCUT2D eigenvalue weighted by atomic mass is 19.4. The zero-order chi connectivity index (χ0) is 14.1. The highest BCUT2D eigenvalue weighted by Crippen LogP contribution is 2.84. The Bertz CT molecular complexity index is 305. The lowest BCUT2D eigenvalue weighted by Gasteiger charge is -2.28. The molecule has 0 bridgehead atoms. The average molecular weight is 274 g/mol. The van der Waals surface area contributed by atoms with Gasteiger partial charge in [-0.25, -0.2) is 0 Å². The Hall–Kier alpha value is -0.630. The molecule has 0 saturated heterocycles. The van der Waals surface area contributed by atoms with E-state index in [0.29, 0.717) is 6.92 Å². The van der Waals surface area contributed by atoms with E-state index < -0.39 is 35.3 Å². The molecule has 1 rings (SSSR count). The van der Waals surface area contributed by atoms with E-state index >= 15 is 0 Å². The van der Waals surface area contributed by atoms with Gasteiger partial charge in [-0.2, -0.15) is 39.5 Å². The molecule has 0 heterocycles. The number of halogens is 9. The van der Waals surface area contributed by atoms with E-state index in [-0.39, 0.29) is 6.92 Å². The Kier molecular flexibility index (Phi) is 2.57. The smallest absolute Gasteiger partial charge is 0.170 e.